The Kier molecular flexibility index (Phi) is 2.16. The van der Waals surface area contributed by atoms with Crippen LogP contribution >= 0.6 is 15.9 Å². The highest BCUT2D eigenvalue weighted by Crippen LogP contribution is 2.67. The summed E-state index contributed by atoms with van der Waals surface area (Å²) in [5, 5.41) is 10.9. The van der Waals surface area contributed by atoms with Gasteiger partial charge in [0, 0.05) is 10.7 Å². The summed E-state index contributed by atoms with van der Waals surface area (Å²) >= 11 is 3.87. The van der Waals surface area contributed by atoms with Crippen LogP contribution in [0.25, 0.3) is 0 Å². The maximum absolute atomic E-state index is 10.9. The molecule has 3 saturated carbocycles. The van der Waals surface area contributed by atoms with Crippen LogP contribution in [0.3, 0.4) is 0 Å². The molecule has 1 heterocycles. The van der Waals surface area contributed by atoms with E-state index in [2.05, 4.69) is 34.1 Å². The molecule has 1 aromatic rings. The van der Waals surface area contributed by atoms with Crippen molar-refractivity contribution in [1.82, 2.24) is 0 Å². The Hall–Kier alpha value is -0.380. The van der Waals surface area contributed by atoms with E-state index in [-0.39, 0.29) is 12.2 Å². The van der Waals surface area contributed by atoms with Crippen LogP contribution in [0.5, 0.6) is 0 Å². The van der Waals surface area contributed by atoms with E-state index in [1.807, 2.05) is 6.07 Å². The number of halogens is 1. The fourth-order valence-corrected chi connectivity index (χ4v) is 6.54. The third-order valence-corrected chi connectivity index (χ3v) is 7.25. The lowest BCUT2D eigenvalue weighted by Gasteiger charge is -2.53. The molecule has 0 amide bonds. The van der Waals surface area contributed by atoms with Crippen molar-refractivity contribution < 1.29 is 9.84 Å². The number of ether oxygens (including phenoxy) is 1. The molecule has 4 aliphatic carbocycles. The molecule has 0 aromatic heterocycles. The monoisotopic (exact) mass is 320 g/mol. The first-order chi connectivity index (χ1) is 9.27. The van der Waals surface area contributed by atoms with Crippen molar-refractivity contribution in [3.63, 3.8) is 0 Å². The van der Waals surface area contributed by atoms with Gasteiger partial charge in [-0.3, -0.25) is 0 Å². The van der Waals surface area contributed by atoms with Gasteiger partial charge < -0.3 is 9.84 Å². The van der Waals surface area contributed by atoms with Gasteiger partial charge >= 0.3 is 0 Å². The maximum atomic E-state index is 10.9. The molecule has 8 atom stereocenters. The van der Waals surface area contributed by atoms with E-state index in [1.165, 1.54) is 18.4 Å². The summed E-state index contributed by atoms with van der Waals surface area (Å²) in [7, 11) is 0. The Morgan fingerprint density at radius 1 is 1.05 bits per heavy atom. The highest BCUT2D eigenvalue weighted by Gasteiger charge is 2.64. The molecule has 4 fully saturated rings. The third-order valence-electron chi connectivity index (χ3n) is 6.05. The molecule has 19 heavy (non-hydrogen) atoms. The number of benzene rings is 1. The molecule has 1 aliphatic heterocycles. The molecule has 0 radical (unpaired) electrons. The van der Waals surface area contributed by atoms with E-state index >= 15 is 0 Å². The smallest absolute Gasteiger partial charge is 0.0868 e. The number of hydrogen-bond donors (Lipinski definition) is 1. The highest BCUT2D eigenvalue weighted by atomic mass is 79.9. The molecule has 0 spiro atoms. The summed E-state index contributed by atoms with van der Waals surface area (Å²) in [5.74, 6) is 2.16. The minimum atomic E-state index is -0.298. The minimum absolute atomic E-state index is 0.227. The number of rotatable bonds is 0. The minimum Gasteiger partial charge on any atom is -0.388 e. The predicted octanol–water partition coefficient (Wildman–Crippen LogP) is 3.21. The zero-order valence-electron chi connectivity index (χ0n) is 10.6. The fraction of sp³-hybridized carbons (Fsp3) is 0.625. The lowest BCUT2D eigenvalue weighted by molar-refractivity contribution is -0.0502. The van der Waals surface area contributed by atoms with Crippen LogP contribution in [-0.4, -0.2) is 16.0 Å². The van der Waals surface area contributed by atoms with Gasteiger partial charge in [-0.05, 0) is 41.7 Å². The summed E-state index contributed by atoms with van der Waals surface area (Å²) in [6.07, 6.45) is 2.82. The van der Waals surface area contributed by atoms with Crippen molar-refractivity contribution in [2.45, 2.75) is 36.0 Å². The molecule has 1 aromatic carbocycles. The lowest BCUT2D eigenvalue weighted by atomic mass is 9.53. The molecule has 4 bridgehead atoms. The van der Waals surface area contributed by atoms with E-state index in [0.29, 0.717) is 34.6 Å². The Bertz CT molecular complexity index is 545. The van der Waals surface area contributed by atoms with Crippen LogP contribution in [-0.2, 0) is 4.74 Å². The van der Waals surface area contributed by atoms with Crippen LogP contribution in [0.15, 0.2) is 24.3 Å². The highest BCUT2D eigenvalue weighted by molar-refractivity contribution is 9.09. The molecule has 6 rings (SSSR count). The molecule has 5 aliphatic rings. The van der Waals surface area contributed by atoms with Crippen molar-refractivity contribution in [1.29, 1.82) is 0 Å². The van der Waals surface area contributed by atoms with Crippen molar-refractivity contribution in [2.24, 2.45) is 23.7 Å². The normalized spacial score (nSPS) is 53.2. The zero-order chi connectivity index (χ0) is 12.7. The molecule has 3 heteroatoms. The number of fused-ring (bicyclic) bond motifs is 3. The van der Waals surface area contributed by atoms with Gasteiger partial charge in [0.1, 0.15) is 0 Å². The second-order valence-corrected chi connectivity index (χ2v) is 7.66. The summed E-state index contributed by atoms with van der Waals surface area (Å²) in [5.41, 5.74) is 2.35. The van der Waals surface area contributed by atoms with Crippen molar-refractivity contribution in [3.05, 3.63) is 35.4 Å². The van der Waals surface area contributed by atoms with Gasteiger partial charge in [0.25, 0.3) is 0 Å². The summed E-state index contributed by atoms with van der Waals surface area (Å²) in [6.45, 7) is 0. The van der Waals surface area contributed by atoms with E-state index in [0.717, 1.165) is 5.56 Å². The Labute approximate surface area is 121 Å². The number of alkyl halides is 1. The Balaban J connectivity index is 1.74. The summed E-state index contributed by atoms with van der Waals surface area (Å²) in [6, 6.07) is 8.34. The summed E-state index contributed by atoms with van der Waals surface area (Å²) in [4.78, 5) is 0.432. The van der Waals surface area contributed by atoms with Crippen LogP contribution < -0.4 is 0 Å². The van der Waals surface area contributed by atoms with Gasteiger partial charge in [0.05, 0.1) is 18.3 Å². The van der Waals surface area contributed by atoms with E-state index in [1.54, 1.807) is 0 Å². The first-order valence-electron chi connectivity index (χ1n) is 7.34. The second kappa shape index (κ2) is 3.63. The predicted molar refractivity (Wildman–Crippen MR) is 74.9 cm³/mol. The topological polar surface area (TPSA) is 29.5 Å². The largest absolute Gasteiger partial charge is 0.388 e. The van der Waals surface area contributed by atoms with Crippen molar-refractivity contribution >= 4 is 15.9 Å². The van der Waals surface area contributed by atoms with Gasteiger partial charge in [0.2, 0.25) is 0 Å². The van der Waals surface area contributed by atoms with Crippen molar-refractivity contribution in [3.8, 4) is 0 Å². The molecule has 0 unspecified atom stereocenters. The standard InChI is InChI=1S/C16H17BrO2/c17-13-9-5-6-10-12-11(9)14(18)7-3-1-2-4-8(7)15(12)19-16(10)13/h1-4,9-16,18H,5-6H2/t9-,10+,11-,12+,13-,14-,15-,16-/m0/s1. The number of hydrogen-bond acceptors (Lipinski definition) is 2. The average Bonchev–Trinajstić information content (AvgIpc) is 2.81. The van der Waals surface area contributed by atoms with Crippen LogP contribution in [0.4, 0.5) is 0 Å². The number of aliphatic hydroxyl groups is 1. The molecule has 1 saturated heterocycles. The van der Waals surface area contributed by atoms with Crippen LogP contribution in [0.2, 0.25) is 0 Å². The van der Waals surface area contributed by atoms with Gasteiger partial charge in [-0.15, -0.1) is 0 Å². The van der Waals surface area contributed by atoms with Crippen molar-refractivity contribution in [2.75, 3.05) is 0 Å². The first kappa shape index (κ1) is 11.3. The quantitative estimate of drug-likeness (QED) is 0.744. The van der Waals surface area contributed by atoms with E-state index in [9.17, 15) is 5.11 Å². The molecule has 100 valence electrons. The molecular weight excluding hydrogens is 304 g/mol. The van der Waals surface area contributed by atoms with Crippen LogP contribution in [0, 0.1) is 23.7 Å². The molecule has 2 nitrogen and oxygen atoms in total. The van der Waals surface area contributed by atoms with Gasteiger partial charge in [-0.1, -0.05) is 40.2 Å². The average molecular weight is 321 g/mol. The Morgan fingerprint density at radius 2 is 1.79 bits per heavy atom. The lowest BCUT2D eigenvalue weighted by Crippen LogP contribution is -2.53. The van der Waals surface area contributed by atoms with Crippen LogP contribution in [0.1, 0.15) is 36.2 Å². The first-order valence-corrected chi connectivity index (χ1v) is 8.25. The fourth-order valence-electron chi connectivity index (χ4n) is 5.41. The summed E-state index contributed by atoms with van der Waals surface area (Å²) < 4.78 is 6.42. The van der Waals surface area contributed by atoms with Gasteiger partial charge in [0.15, 0.2) is 0 Å². The SMILES string of the molecule is O[C@H]1c2ccccc2[C@@H]2O[C@@H]3[C@@H](Br)[C@H]4CC[C@@H]3[C@@H]2[C@H]41. The van der Waals surface area contributed by atoms with Gasteiger partial charge in [-0.2, -0.15) is 0 Å². The van der Waals surface area contributed by atoms with E-state index in [4.69, 9.17) is 4.74 Å². The Morgan fingerprint density at radius 3 is 2.63 bits per heavy atom. The second-order valence-electron chi connectivity index (χ2n) is 6.60. The molecule has 1 N–H and O–H groups in total. The van der Waals surface area contributed by atoms with E-state index < -0.39 is 0 Å². The number of aliphatic hydroxyl groups excluding tert-OH is 1. The third kappa shape index (κ3) is 1.21. The zero-order valence-corrected chi connectivity index (χ0v) is 12.2. The van der Waals surface area contributed by atoms with Gasteiger partial charge in [-0.25, -0.2) is 0 Å². The molecular formula is C16H17BrO2. The maximum Gasteiger partial charge on any atom is 0.0868 e.